The van der Waals surface area contributed by atoms with E-state index in [9.17, 15) is 17.6 Å². The maximum atomic E-state index is 11.1. The van der Waals surface area contributed by atoms with E-state index in [2.05, 4.69) is 0 Å². The topological polar surface area (TPSA) is 0 Å². The molecule has 0 bridgehead atoms. The Labute approximate surface area is 50.3 Å². The first-order valence-corrected chi connectivity index (χ1v) is 1.65. The molecule has 1 unspecified atom stereocenters. The van der Waals surface area contributed by atoms with Gasteiger partial charge in [0.15, 0.2) is 6.17 Å². The Hall–Kier alpha value is 0.01000. The van der Waals surface area contributed by atoms with Crippen molar-refractivity contribution in [1.82, 2.24) is 0 Å². The number of hydrogen-bond donors (Lipinski definition) is 0. The van der Waals surface area contributed by atoms with E-state index in [1.54, 1.807) is 0 Å². The summed E-state index contributed by atoms with van der Waals surface area (Å²) >= 11 is 0. The van der Waals surface area contributed by atoms with Gasteiger partial charge in [0.05, 0.1) is 0 Å². The predicted octanol–water partition coefficient (Wildman–Crippen LogP) is 2.33. The Kier molecular flexibility index (Phi) is 4.25. The molecule has 5 heteroatoms. The number of alkyl halides is 4. The Morgan fingerprint density at radius 2 is 1.38 bits per heavy atom. The van der Waals surface area contributed by atoms with Crippen LogP contribution in [0.25, 0.3) is 0 Å². The molecular weight excluding hydrogens is 147 g/mol. The van der Waals surface area contributed by atoms with Crippen LogP contribution in [0.15, 0.2) is 0 Å². The summed E-state index contributed by atoms with van der Waals surface area (Å²) in [6.45, 7) is 0.458. The summed E-state index contributed by atoms with van der Waals surface area (Å²) in [5.74, 6) is 0. The van der Waals surface area contributed by atoms with E-state index in [0.29, 0.717) is 6.92 Å². The highest BCUT2D eigenvalue weighted by molar-refractivity contribution is 5.85. The zero-order chi connectivity index (χ0) is 6.08. The van der Waals surface area contributed by atoms with Crippen molar-refractivity contribution in [1.29, 1.82) is 0 Å². The molecule has 1 atom stereocenters. The second-order valence-electron chi connectivity index (χ2n) is 1.16. The van der Waals surface area contributed by atoms with Crippen LogP contribution < -0.4 is 0 Å². The summed E-state index contributed by atoms with van der Waals surface area (Å²) in [6.07, 6.45) is -7.37. The van der Waals surface area contributed by atoms with Crippen molar-refractivity contribution in [2.45, 2.75) is 19.3 Å². The van der Waals surface area contributed by atoms with Crippen molar-refractivity contribution in [3.63, 3.8) is 0 Å². The number of hydrogen-bond acceptors (Lipinski definition) is 0. The second kappa shape index (κ2) is 3.12. The molecule has 0 aromatic heterocycles. The van der Waals surface area contributed by atoms with Crippen LogP contribution in [-0.2, 0) is 0 Å². The zero-order valence-electron chi connectivity index (χ0n) is 4.00. The van der Waals surface area contributed by atoms with Gasteiger partial charge in [-0.15, -0.1) is 12.4 Å². The summed E-state index contributed by atoms with van der Waals surface area (Å²) in [5, 5.41) is 0. The van der Waals surface area contributed by atoms with Crippen LogP contribution in [0.3, 0.4) is 0 Å². The molecule has 0 aromatic rings. The second-order valence-corrected chi connectivity index (χ2v) is 1.16. The standard InChI is InChI=1S/C3H4F4.ClH/c1-2(4)3(5,6)7;/h2H,1H3;1H. The molecule has 0 fully saturated rings. The molecule has 0 nitrogen and oxygen atoms in total. The fourth-order valence-corrected chi connectivity index (χ4v) is 0. The molecule has 52 valence electrons. The van der Waals surface area contributed by atoms with E-state index >= 15 is 0 Å². The van der Waals surface area contributed by atoms with Crippen molar-refractivity contribution >= 4 is 12.4 Å². The summed E-state index contributed by atoms with van der Waals surface area (Å²) in [6, 6.07) is 0. The predicted molar refractivity (Wildman–Crippen MR) is 23.9 cm³/mol. The first-order valence-electron chi connectivity index (χ1n) is 1.65. The van der Waals surface area contributed by atoms with E-state index in [-0.39, 0.29) is 12.4 Å². The van der Waals surface area contributed by atoms with Crippen molar-refractivity contribution in [2.24, 2.45) is 0 Å². The zero-order valence-corrected chi connectivity index (χ0v) is 4.81. The fraction of sp³-hybridized carbons (Fsp3) is 1.00. The van der Waals surface area contributed by atoms with Gasteiger partial charge in [0, 0.05) is 0 Å². The van der Waals surface area contributed by atoms with Gasteiger partial charge in [-0.25, -0.2) is 4.39 Å². The molecular formula is C3H5ClF4. The molecule has 8 heavy (non-hydrogen) atoms. The lowest BCUT2D eigenvalue weighted by atomic mass is 10.4. The highest BCUT2D eigenvalue weighted by Crippen LogP contribution is 2.21. The molecule has 0 N–H and O–H groups in total. The van der Waals surface area contributed by atoms with E-state index in [1.807, 2.05) is 0 Å². The van der Waals surface area contributed by atoms with Crippen molar-refractivity contribution in [2.75, 3.05) is 0 Å². The van der Waals surface area contributed by atoms with Crippen LogP contribution in [0.4, 0.5) is 17.6 Å². The molecule has 0 rings (SSSR count). The Morgan fingerprint density at radius 3 is 1.38 bits per heavy atom. The Balaban J connectivity index is 0. The first kappa shape index (κ1) is 10.9. The summed E-state index contributed by atoms with van der Waals surface area (Å²) < 4.78 is 43.5. The lowest BCUT2D eigenvalue weighted by Crippen LogP contribution is -2.20. The monoisotopic (exact) mass is 152 g/mol. The molecule has 0 aliphatic carbocycles. The Bertz CT molecular complexity index is 56.8. The maximum Gasteiger partial charge on any atom is 0.419 e. The summed E-state index contributed by atoms with van der Waals surface area (Å²) in [7, 11) is 0. The smallest absolute Gasteiger partial charge is 0.238 e. The average Bonchev–Trinajstić information content (AvgIpc) is 1.31. The van der Waals surface area contributed by atoms with Crippen LogP contribution >= 0.6 is 12.4 Å². The van der Waals surface area contributed by atoms with Gasteiger partial charge in [0.2, 0.25) is 0 Å². The highest BCUT2D eigenvalue weighted by Gasteiger charge is 2.35. The third kappa shape index (κ3) is 4.18. The first-order chi connectivity index (χ1) is 2.94. The van der Waals surface area contributed by atoms with Crippen LogP contribution in [0.1, 0.15) is 6.92 Å². The van der Waals surface area contributed by atoms with Gasteiger partial charge < -0.3 is 0 Å². The van der Waals surface area contributed by atoms with Gasteiger partial charge in [-0.2, -0.15) is 13.2 Å². The minimum absolute atomic E-state index is 0. The maximum absolute atomic E-state index is 11.1. The normalized spacial score (nSPS) is 14.6. The van der Waals surface area contributed by atoms with E-state index in [0.717, 1.165) is 0 Å². The van der Waals surface area contributed by atoms with Crippen molar-refractivity contribution < 1.29 is 17.6 Å². The van der Waals surface area contributed by atoms with Gasteiger partial charge in [0.1, 0.15) is 0 Å². The molecule has 0 saturated heterocycles. The van der Waals surface area contributed by atoms with E-state index in [1.165, 1.54) is 0 Å². The average molecular weight is 153 g/mol. The molecule has 0 aliphatic heterocycles. The van der Waals surface area contributed by atoms with Crippen molar-refractivity contribution in [3.8, 4) is 0 Å². The van der Waals surface area contributed by atoms with Gasteiger partial charge in [-0.05, 0) is 6.92 Å². The molecule has 0 radical (unpaired) electrons. The summed E-state index contributed by atoms with van der Waals surface area (Å²) in [4.78, 5) is 0. The molecule has 0 saturated carbocycles. The van der Waals surface area contributed by atoms with Crippen molar-refractivity contribution in [3.05, 3.63) is 0 Å². The van der Waals surface area contributed by atoms with Gasteiger partial charge >= 0.3 is 6.18 Å². The van der Waals surface area contributed by atoms with Crippen LogP contribution in [0.5, 0.6) is 0 Å². The molecule has 0 spiro atoms. The highest BCUT2D eigenvalue weighted by atomic mass is 35.5. The molecule has 0 aromatic carbocycles. The Morgan fingerprint density at radius 1 is 1.25 bits per heavy atom. The third-order valence-electron chi connectivity index (χ3n) is 0.451. The summed E-state index contributed by atoms with van der Waals surface area (Å²) in [5.41, 5.74) is 0. The largest absolute Gasteiger partial charge is 0.419 e. The fourth-order valence-electron chi connectivity index (χ4n) is 0. The third-order valence-corrected chi connectivity index (χ3v) is 0.451. The molecule has 0 amide bonds. The quantitative estimate of drug-likeness (QED) is 0.468. The minimum Gasteiger partial charge on any atom is -0.238 e. The van der Waals surface area contributed by atoms with E-state index in [4.69, 9.17) is 0 Å². The van der Waals surface area contributed by atoms with Crippen LogP contribution in [0, 0.1) is 0 Å². The minimum atomic E-state index is -4.67. The van der Waals surface area contributed by atoms with Gasteiger partial charge in [0.25, 0.3) is 0 Å². The lowest BCUT2D eigenvalue weighted by Gasteiger charge is -2.04. The van der Waals surface area contributed by atoms with Crippen LogP contribution in [-0.4, -0.2) is 12.3 Å². The lowest BCUT2D eigenvalue weighted by molar-refractivity contribution is -0.174. The molecule has 0 heterocycles. The van der Waals surface area contributed by atoms with Gasteiger partial charge in [-0.1, -0.05) is 0 Å². The van der Waals surface area contributed by atoms with E-state index < -0.39 is 12.3 Å². The van der Waals surface area contributed by atoms with Gasteiger partial charge in [-0.3, -0.25) is 0 Å². The number of halogens is 5. The SMILES string of the molecule is CC(F)C(F)(F)F.Cl. The van der Waals surface area contributed by atoms with Crippen LogP contribution in [0.2, 0.25) is 0 Å². The number of rotatable bonds is 0. The molecule has 0 aliphatic rings.